The van der Waals surface area contributed by atoms with E-state index in [0.717, 1.165) is 18.8 Å². The fourth-order valence-electron chi connectivity index (χ4n) is 0.968. The zero-order valence-electron chi connectivity index (χ0n) is 6.12. The van der Waals surface area contributed by atoms with Crippen molar-refractivity contribution in [3.8, 4) is 0 Å². The molecule has 1 atom stereocenters. The van der Waals surface area contributed by atoms with Gasteiger partial charge in [0.2, 0.25) is 0 Å². The second-order valence-electron chi connectivity index (χ2n) is 2.87. The lowest BCUT2D eigenvalue weighted by atomic mass is 10.0. The van der Waals surface area contributed by atoms with Crippen LogP contribution >= 0.6 is 0 Å². The van der Waals surface area contributed by atoms with E-state index in [1.807, 2.05) is 0 Å². The summed E-state index contributed by atoms with van der Waals surface area (Å²) >= 11 is 0. The maximum Gasteiger partial charge on any atom is 0.0918 e. The fourth-order valence-corrected chi connectivity index (χ4v) is 0.968. The highest BCUT2D eigenvalue weighted by molar-refractivity contribution is 5.06. The standard InChI is InChI=1S/C7H14N2/c1-4-7(3)5-8-6(2)9-7/h8-9H,2,4-5H2,1,3H3. The summed E-state index contributed by atoms with van der Waals surface area (Å²) in [6.45, 7) is 9.14. The second kappa shape index (κ2) is 1.94. The van der Waals surface area contributed by atoms with Crippen molar-refractivity contribution in [1.29, 1.82) is 0 Å². The van der Waals surface area contributed by atoms with Crippen molar-refractivity contribution in [2.45, 2.75) is 25.8 Å². The number of nitrogens with one attached hydrogen (secondary N) is 2. The van der Waals surface area contributed by atoms with Gasteiger partial charge in [-0.2, -0.15) is 0 Å². The highest BCUT2D eigenvalue weighted by Crippen LogP contribution is 2.13. The van der Waals surface area contributed by atoms with Crippen LogP contribution in [0.1, 0.15) is 20.3 Å². The molecule has 1 aliphatic rings. The Morgan fingerprint density at radius 1 is 1.78 bits per heavy atom. The summed E-state index contributed by atoms with van der Waals surface area (Å²) in [6, 6.07) is 0. The first-order valence-electron chi connectivity index (χ1n) is 3.37. The molecule has 2 N–H and O–H groups in total. The molecule has 0 aromatic carbocycles. The molecular formula is C7H14N2. The summed E-state index contributed by atoms with van der Waals surface area (Å²) < 4.78 is 0. The van der Waals surface area contributed by atoms with Crippen LogP contribution in [0.15, 0.2) is 12.4 Å². The third kappa shape index (κ3) is 1.18. The Bertz CT molecular complexity index is 131. The van der Waals surface area contributed by atoms with Crippen LogP contribution in [-0.2, 0) is 0 Å². The lowest BCUT2D eigenvalue weighted by molar-refractivity contribution is 0.434. The minimum absolute atomic E-state index is 0.247. The Morgan fingerprint density at radius 3 is 2.67 bits per heavy atom. The summed E-state index contributed by atoms with van der Waals surface area (Å²) in [7, 11) is 0. The molecule has 0 bridgehead atoms. The van der Waals surface area contributed by atoms with Crippen LogP contribution in [0.2, 0.25) is 0 Å². The fraction of sp³-hybridized carbons (Fsp3) is 0.714. The van der Waals surface area contributed by atoms with Gasteiger partial charge in [0.15, 0.2) is 0 Å². The van der Waals surface area contributed by atoms with Gasteiger partial charge in [0.25, 0.3) is 0 Å². The molecular weight excluding hydrogens is 112 g/mol. The van der Waals surface area contributed by atoms with Crippen molar-refractivity contribution in [3.63, 3.8) is 0 Å². The molecule has 2 heteroatoms. The first-order valence-corrected chi connectivity index (χ1v) is 3.37. The molecule has 9 heavy (non-hydrogen) atoms. The van der Waals surface area contributed by atoms with Crippen molar-refractivity contribution in [1.82, 2.24) is 10.6 Å². The Labute approximate surface area is 56.3 Å². The largest absolute Gasteiger partial charge is 0.370 e. The normalized spacial score (nSPS) is 33.8. The zero-order chi connectivity index (χ0) is 6.91. The molecule has 1 heterocycles. The van der Waals surface area contributed by atoms with E-state index in [9.17, 15) is 0 Å². The third-order valence-electron chi connectivity index (χ3n) is 1.92. The van der Waals surface area contributed by atoms with Crippen molar-refractivity contribution < 1.29 is 0 Å². The molecule has 1 unspecified atom stereocenters. The minimum Gasteiger partial charge on any atom is -0.370 e. The van der Waals surface area contributed by atoms with Crippen LogP contribution in [0.25, 0.3) is 0 Å². The smallest absolute Gasteiger partial charge is 0.0918 e. The van der Waals surface area contributed by atoms with Gasteiger partial charge >= 0.3 is 0 Å². The first kappa shape index (κ1) is 6.46. The van der Waals surface area contributed by atoms with Gasteiger partial charge in [0.05, 0.1) is 11.4 Å². The highest BCUT2D eigenvalue weighted by atomic mass is 15.2. The zero-order valence-corrected chi connectivity index (χ0v) is 6.12. The van der Waals surface area contributed by atoms with Crippen LogP contribution in [0.3, 0.4) is 0 Å². The lowest BCUT2D eigenvalue weighted by Gasteiger charge is -2.20. The maximum atomic E-state index is 3.78. The molecule has 1 rings (SSSR count). The molecule has 0 amide bonds. The van der Waals surface area contributed by atoms with Crippen LogP contribution in [0.4, 0.5) is 0 Å². The van der Waals surface area contributed by atoms with E-state index in [2.05, 4.69) is 31.1 Å². The van der Waals surface area contributed by atoms with Gasteiger partial charge in [-0.3, -0.25) is 0 Å². The summed E-state index contributed by atoms with van der Waals surface area (Å²) in [5, 5.41) is 6.43. The van der Waals surface area contributed by atoms with Gasteiger partial charge < -0.3 is 10.6 Å². The third-order valence-corrected chi connectivity index (χ3v) is 1.92. The quantitative estimate of drug-likeness (QED) is 0.543. The van der Waals surface area contributed by atoms with Crippen LogP contribution in [0, 0.1) is 0 Å². The van der Waals surface area contributed by atoms with Gasteiger partial charge in [-0.1, -0.05) is 13.5 Å². The molecule has 0 radical (unpaired) electrons. The van der Waals surface area contributed by atoms with Gasteiger partial charge in [-0.25, -0.2) is 0 Å². The van der Waals surface area contributed by atoms with E-state index < -0.39 is 0 Å². The summed E-state index contributed by atoms with van der Waals surface area (Å²) in [4.78, 5) is 0. The predicted molar refractivity (Wildman–Crippen MR) is 39.0 cm³/mol. The predicted octanol–water partition coefficient (Wildman–Crippen LogP) is 0.819. The van der Waals surface area contributed by atoms with E-state index >= 15 is 0 Å². The average molecular weight is 126 g/mol. The van der Waals surface area contributed by atoms with Gasteiger partial charge in [0.1, 0.15) is 0 Å². The molecule has 1 aliphatic heterocycles. The van der Waals surface area contributed by atoms with Crippen LogP contribution in [0.5, 0.6) is 0 Å². The Kier molecular flexibility index (Phi) is 1.39. The van der Waals surface area contributed by atoms with Crippen molar-refractivity contribution in [3.05, 3.63) is 12.4 Å². The molecule has 0 spiro atoms. The molecule has 0 aromatic heterocycles. The minimum atomic E-state index is 0.247. The Hall–Kier alpha value is -0.660. The van der Waals surface area contributed by atoms with Crippen molar-refractivity contribution in [2.75, 3.05) is 6.54 Å². The van der Waals surface area contributed by atoms with E-state index in [4.69, 9.17) is 0 Å². The Morgan fingerprint density at radius 2 is 2.44 bits per heavy atom. The molecule has 0 aromatic rings. The maximum absolute atomic E-state index is 3.78. The highest BCUT2D eigenvalue weighted by Gasteiger charge is 2.26. The second-order valence-corrected chi connectivity index (χ2v) is 2.87. The topological polar surface area (TPSA) is 24.1 Å². The van der Waals surface area contributed by atoms with E-state index in [1.165, 1.54) is 0 Å². The SMILES string of the molecule is C=C1NCC(C)(CC)N1. The number of hydrogen-bond donors (Lipinski definition) is 2. The average Bonchev–Trinajstić information content (AvgIpc) is 2.13. The molecule has 2 nitrogen and oxygen atoms in total. The lowest BCUT2D eigenvalue weighted by Crippen LogP contribution is -2.37. The van der Waals surface area contributed by atoms with Crippen molar-refractivity contribution >= 4 is 0 Å². The van der Waals surface area contributed by atoms with Crippen LogP contribution < -0.4 is 10.6 Å². The van der Waals surface area contributed by atoms with Gasteiger partial charge in [-0.15, -0.1) is 0 Å². The van der Waals surface area contributed by atoms with Gasteiger partial charge in [-0.05, 0) is 13.3 Å². The van der Waals surface area contributed by atoms with E-state index in [0.29, 0.717) is 0 Å². The van der Waals surface area contributed by atoms with Crippen molar-refractivity contribution in [2.24, 2.45) is 0 Å². The molecule has 0 aliphatic carbocycles. The molecule has 1 saturated heterocycles. The molecule has 1 fully saturated rings. The van der Waals surface area contributed by atoms with Gasteiger partial charge in [0, 0.05) is 6.54 Å². The van der Waals surface area contributed by atoms with Crippen LogP contribution in [-0.4, -0.2) is 12.1 Å². The first-order chi connectivity index (χ1) is 4.16. The summed E-state index contributed by atoms with van der Waals surface area (Å²) in [5.74, 6) is 0.958. The molecule has 0 saturated carbocycles. The number of hydrogen-bond acceptors (Lipinski definition) is 2. The Balaban J connectivity index is 2.54. The summed E-state index contributed by atoms with van der Waals surface area (Å²) in [5.41, 5.74) is 0.247. The van der Waals surface area contributed by atoms with E-state index in [-0.39, 0.29) is 5.54 Å². The summed E-state index contributed by atoms with van der Waals surface area (Å²) in [6.07, 6.45) is 1.14. The number of rotatable bonds is 1. The molecule has 52 valence electrons. The van der Waals surface area contributed by atoms with E-state index in [1.54, 1.807) is 0 Å². The monoisotopic (exact) mass is 126 g/mol.